The predicted molar refractivity (Wildman–Crippen MR) is 57.9 cm³/mol. The topological polar surface area (TPSA) is 46.3 Å². The first-order valence-electron chi connectivity index (χ1n) is 5.73. The Balaban J connectivity index is 2.37. The van der Waals surface area contributed by atoms with Crippen molar-refractivity contribution >= 4 is 5.91 Å². The molecule has 1 aliphatic heterocycles. The molecule has 0 aliphatic carbocycles. The second-order valence-electron chi connectivity index (χ2n) is 4.24. The maximum absolute atomic E-state index is 11.7. The molecule has 82 valence electrons. The molecule has 1 amide bonds. The molecule has 1 heterocycles. The molecule has 0 spiro atoms. The van der Waals surface area contributed by atoms with Gasteiger partial charge in [0.1, 0.15) is 0 Å². The maximum Gasteiger partial charge on any atom is 0.239 e. The van der Waals surface area contributed by atoms with Gasteiger partial charge in [0.25, 0.3) is 0 Å². The average molecular weight is 198 g/mol. The number of amides is 1. The number of hydrogen-bond acceptors (Lipinski definition) is 2. The summed E-state index contributed by atoms with van der Waals surface area (Å²) in [5, 5.41) is 0. The van der Waals surface area contributed by atoms with Crippen LogP contribution in [0.5, 0.6) is 0 Å². The molecule has 1 saturated heterocycles. The first-order chi connectivity index (χ1) is 6.69. The van der Waals surface area contributed by atoms with Crippen molar-refractivity contribution in [2.75, 3.05) is 13.1 Å². The van der Waals surface area contributed by atoms with Crippen molar-refractivity contribution in [1.82, 2.24) is 4.90 Å². The first kappa shape index (κ1) is 11.5. The zero-order valence-corrected chi connectivity index (χ0v) is 9.33. The Kier molecular flexibility index (Phi) is 4.39. The third-order valence-electron chi connectivity index (χ3n) is 3.05. The molecule has 1 aliphatic rings. The molecule has 1 unspecified atom stereocenters. The van der Waals surface area contributed by atoms with Crippen molar-refractivity contribution in [2.45, 2.75) is 45.6 Å². The van der Waals surface area contributed by atoms with Crippen molar-refractivity contribution in [2.24, 2.45) is 11.7 Å². The van der Waals surface area contributed by atoms with Gasteiger partial charge in [0.15, 0.2) is 0 Å². The van der Waals surface area contributed by atoms with Crippen molar-refractivity contribution in [1.29, 1.82) is 0 Å². The van der Waals surface area contributed by atoms with Crippen LogP contribution in [0.3, 0.4) is 0 Å². The molecular weight excluding hydrogens is 176 g/mol. The number of nitrogens with zero attached hydrogens (tertiary/aromatic N) is 1. The second-order valence-corrected chi connectivity index (χ2v) is 4.24. The fourth-order valence-electron chi connectivity index (χ4n) is 2.09. The highest BCUT2D eigenvalue weighted by Crippen LogP contribution is 2.21. The summed E-state index contributed by atoms with van der Waals surface area (Å²) in [4.78, 5) is 13.7. The van der Waals surface area contributed by atoms with Gasteiger partial charge in [-0.1, -0.05) is 20.3 Å². The molecule has 1 fully saturated rings. The van der Waals surface area contributed by atoms with Gasteiger partial charge in [-0.3, -0.25) is 4.79 Å². The van der Waals surface area contributed by atoms with Gasteiger partial charge in [-0.2, -0.15) is 0 Å². The number of rotatable bonds is 4. The van der Waals surface area contributed by atoms with E-state index >= 15 is 0 Å². The zero-order chi connectivity index (χ0) is 10.6. The van der Waals surface area contributed by atoms with Crippen molar-refractivity contribution in [3.05, 3.63) is 0 Å². The Morgan fingerprint density at radius 2 is 2.29 bits per heavy atom. The van der Waals surface area contributed by atoms with E-state index in [2.05, 4.69) is 6.92 Å². The van der Waals surface area contributed by atoms with Crippen molar-refractivity contribution in [3.8, 4) is 0 Å². The standard InChI is InChI=1S/C11H22N2O/c1-3-5-9-6-7-13(8-9)11(14)10(12)4-2/h9-10H,3-8,12H2,1-2H3/t9?,10-/m0/s1. The molecule has 0 aromatic rings. The lowest BCUT2D eigenvalue weighted by atomic mass is 10.0. The van der Waals surface area contributed by atoms with E-state index in [1.807, 2.05) is 11.8 Å². The van der Waals surface area contributed by atoms with Gasteiger partial charge in [0.05, 0.1) is 6.04 Å². The summed E-state index contributed by atoms with van der Waals surface area (Å²) in [6, 6.07) is -0.282. The lowest BCUT2D eigenvalue weighted by Crippen LogP contribution is -2.42. The van der Waals surface area contributed by atoms with Gasteiger partial charge in [-0.15, -0.1) is 0 Å². The molecule has 0 radical (unpaired) electrons. The Hall–Kier alpha value is -0.570. The van der Waals surface area contributed by atoms with Gasteiger partial charge in [0, 0.05) is 13.1 Å². The van der Waals surface area contributed by atoms with Crippen LogP contribution in [0.1, 0.15) is 39.5 Å². The minimum absolute atomic E-state index is 0.145. The zero-order valence-electron chi connectivity index (χ0n) is 9.33. The van der Waals surface area contributed by atoms with Crippen LogP contribution in [0.25, 0.3) is 0 Å². The number of carbonyl (C=O) groups is 1. The van der Waals surface area contributed by atoms with Crippen LogP contribution in [0.15, 0.2) is 0 Å². The SMILES string of the molecule is CCCC1CCN(C(=O)[C@@H](N)CC)C1. The van der Waals surface area contributed by atoms with Crippen LogP contribution < -0.4 is 5.73 Å². The van der Waals surface area contributed by atoms with E-state index in [1.54, 1.807) is 0 Å². The van der Waals surface area contributed by atoms with Crippen molar-refractivity contribution < 1.29 is 4.79 Å². The minimum atomic E-state index is -0.282. The Labute approximate surface area is 86.6 Å². The predicted octanol–water partition coefficient (Wildman–Crippen LogP) is 1.37. The van der Waals surface area contributed by atoms with Gasteiger partial charge in [0.2, 0.25) is 5.91 Å². The fraction of sp³-hybridized carbons (Fsp3) is 0.909. The molecule has 2 N–H and O–H groups in total. The summed E-state index contributed by atoms with van der Waals surface area (Å²) in [6.45, 7) is 6.00. The van der Waals surface area contributed by atoms with E-state index in [0.29, 0.717) is 5.92 Å². The molecule has 1 rings (SSSR count). The third-order valence-corrected chi connectivity index (χ3v) is 3.05. The van der Waals surface area contributed by atoms with Crippen LogP contribution in [0.2, 0.25) is 0 Å². The van der Waals surface area contributed by atoms with E-state index in [9.17, 15) is 4.79 Å². The molecule has 0 aromatic carbocycles. The number of carbonyl (C=O) groups excluding carboxylic acids is 1. The lowest BCUT2D eigenvalue weighted by molar-refractivity contribution is -0.131. The number of nitrogens with two attached hydrogens (primary N) is 1. The van der Waals surface area contributed by atoms with Crippen molar-refractivity contribution in [3.63, 3.8) is 0 Å². The van der Waals surface area contributed by atoms with Gasteiger partial charge in [-0.25, -0.2) is 0 Å². The normalized spacial score (nSPS) is 23.9. The summed E-state index contributed by atoms with van der Waals surface area (Å²) in [5.74, 6) is 0.860. The first-order valence-corrected chi connectivity index (χ1v) is 5.73. The molecule has 14 heavy (non-hydrogen) atoms. The summed E-state index contributed by atoms with van der Waals surface area (Å²) >= 11 is 0. The lowest BCUT2D eigenvalue weighted by Gasteiger charge is -2.19. The van der Waals surface area contributed by atoms with Crippen LogP contribution in [0, 0.1) is 5.92 Å². The number of hydrogen-bond donors (Lipinski definition) is 1. The molecule has 3 nitrogen and oxygen atoms in total. The number of likely N-dealkylation sites (tertiary alicyclic amines) is 1. The fourth-order valence-corrected chi connectivity index (χ4v) is 2.09. The highest BCUT2D eigenvalue weighted by molar-refractivity contribution is 5.81. The van der Waals surface area contributed by atoms with Gasteiger partial charge >= 0.3 is 0 Å². The van der Waals surface area contributed by atoms with E-state index in [0.717, 1.165) is 25.9 Å². The molecule has 0 saturated carbocycles. The summed E-state index contributed by atoms with van der Waals surface area (Å²) in [5.41, 5.74) is 5.72. The smallest absolute Gasteiger partial charge is 0.239 e. The molecular formula is C11H22N2O. The third kappa shape index (κ3) is 2.71. The highest BCUT2D eigenvalue weighted by atomic mass is 16.2. The largest absolute Gasteiger partial charge is 0.341 e. The van der Waals surface area contributed by atoms with E-state index < -0.39 is 0 Å². The second kappa shape index (κ2) is 5.35. The van der Waals surface area contributed by atoms with Gasteiger partial charge < -0.3 is 10.6 Å². The maximum atomic E-state index is 11.7. The molecule has 0 aromatic heterocycles. The summed E-state index contributed by atoms with van der Waals surface area (Å²) in [7, 11) is 0. The average Bonchev–Trinajstić information content (AvgIpc) is 2.64. The van der Waals surface area contributed by atoms with E-state index in [-0.39, 0.29) is 11.9 Å². The van der Waals surface area contributed by atoms with Crippen LogP contribution in [-0.2, 0) is 4.79 Å². The Morgan fingerprint density at radius 3 is 2.86 bits per heavy atom. The monoisotopic (exact) mass is 198 g/mol. The summed E-state index contributed by atoms with van der Waals surface area (Å²) in [6.07, 6.45) is 4.36. The van der Waals surface area contributed by atoms with E-state index in [4.69, 9.17) is 5.73 Å². The minimum Gasteiger partial charge on any atom is -0.341 e. The Morgan fingerprint density at radius 1 is 1.57 bits per heavy atom. The Bertz CT molecular complexity index is 194. The quantitative estimate of drug-likeness (QED) is 0.741. The molecule has 0 bridgehead atoms. The summed E-state index contributed by atoms with van der Waals surface area (Å²) < 4.78 is 0. The molecule has 2 atom stereocenters. The van der Waals surface area contributed by atoms with Gasteiger partial charge in [-0.05, 0) is 25.2 Å². The highest BCUT2D eigenvalue weighted by Gasteiger charge is 2.27. The van der Waals surface area contributed by atoms with Crippen LogP contribution >= 0.6 is 0 Å². The van der Waals surface area contributed by atoms with Crippen LogP contribution in [-0.4, -0.2) is 29.9 Å². The molecule has 3 heteroatoms. The van der Waals surface area contributed by atoms with E-state index in [1.165, 1.54) is 12.8 Å². The van der Waals surface area contributed by atoms with Crippen LogP contribution in [0.4, 0.5) is 0 Å².